The first-order valence-corrected chi connectivity index (χ1v) is 10.7. The molecule has 1 aromatic heterocycles. The number of carbonyl (C=O) groups excluding carboxylic acids is 2. The van der Waals surface area contributed by atoms with Gasteiger partial charge in [-0.3, -0.25) is 5.32 Å². The highest BCUT2D eigenvalue weighted by atomic mass is 79.9. The highest BCUT2D eigenvalue weighted by Crippen LogP contribution is 2.36. The number of rotatable bonds is 5. The molecule has 0 fully saturated rings. The van der Waals surface area contributed by atoms with Crippen molar-refractivity contribution in [3.05, 3.63) is 58.7 Å². The summed E-state index contributed by atoms with van der Waals surface area (Å²) in [6.07, 6.45) is 1.49. The Morgan fingerprint density at radius 1 is 1.13 bits per heavy atom. The van der Waals surface area contributed by atoms with Crippen molar-refractivity contribution in [2.24, 2.45) is 0 Å². The van der Waals surface area contributed by atoms with E-state index in [0.717, 1.165) is 10.0 Å². The fraction of sp³-hybridized carbons (Fsp3) is 0.348. The first-order chi connectivity index (χ1) is 14.6. The van der Waals surface area contributed by atoms with E-state index in [1.807, 2.05) is 37.3 Å². The van der Waals surface area contributed by atoms with E-state index < -0.39 is 23.2 Å². The highest BCUT2D eigenvalue weighted by molar-refractivity contribution is 9.10. The molecule has 0 aliphatic heterocycles. The second-order valence-corrected chi connectivity index (χ2v) is 9.05. The molecule has 1 unspecified atom stereocenters. The van der Waals surface area contributed by atoms with Gasteiger partial charge in [-0.15, -0.1) is 0 Å². The van der Waals surface area contributed by atoms with Crippen molar-refractivity contribution in [3.8, 4) is 0 Å². The van der Waals surface area contributed by atoms with Crippen LogP contribution in [0, 0.1) is 0 Å². The molecule has 1 amide bonds. The molecule has 8 heteroatoms. The molecule has 0 aliphatic rings. The number of amides is 1. The summed E-state index contributed by atoms with van der Waals surface area (Å²) < 4.78 is 13.1. The van der Waals surface area contributed by atoms with Crippen LogP contribution < -0.4 is 5.32 Å². The van der Waals surface area contributed by atoms with Crippen molar-refractivity contribution in [2.75, 3.05) is 12.4 Å². The molecule has 0 saturated heterocycles. The van der Waals surface area contributed by atoms with Crippen LogP contribution >= 0.6 is 15.9 Å². The fourth-order valence-electron chi connectivity index (χ4n) is 3.60. The summed E-state index contributed by atoms with van der Waals surface area (Å²) in [5.41, 5.74) is 0.196. The van der Waals surface area contributed by atoms with Crippen LogP contribution in [-0.4, -0.2) is 34.6 Å². The lowest BCUT2D eigenvalue weighted by Gasteiger charge is -2.31. The lowest BCUT2D eigenvalue weighted by molar-refractivity contribution is -0.149. The molecule has 0 saturated carbocycles. The molecule has 1 atom stereocenters. The number of anilines is 1. The minimum absolute atomic E-state index is 0.418. The van der Waals surface area contributed by atoms with E-state index >= 15 is 0 Å². The van der Waals surface area contributed by atoms with Gasteiger partial charge >= 0.3 is 12.1 Å². The SMILES string of the molecule is CCC(C(=O)OC)(c1ccc(Br)cc1)n1ncc2c(NC(=O)OC(C)(C)C)cccc21. The molecule has 0 bridgehead atoms. The minimum atomic E-state index is -1.16. The Kier molecular flexibility index (Phi) is 6.40. The monoisotopic (exact) mass is 487 g/mol. The van der Waals surface area contributed by atoms with Gasteiger partial charge in [0.2, 0.25) is 0 Å². The quantitative estimate of drug-likeness (QED) is 0.482. The van der Waals surface area contributed by atoms with E-state index in [0.29, 0.717) is 23.0 Å². The molecule has 0 spiro atoms. The molecule has 1 N–H and O–H groups in total. The number of methoxy groups -OCH3 is 1. The zero-order chi connectivity index (χ0) is 22.8. The van der Waals surface area contributed by atoms with Gasteiger partial charge < -0.3 is 9.47 Å². The van der Waals surface area contributed by atoms with Crippen LogP contribution in [0.2, 0.25) is 0 Å². The summed E-state index contributed by atoms with van der Waals surface area (Å²) in [5.74, 6) is -0.423. The number of fused-ring (bicyclic) bond motifs is 1. The van der Waals surface area contributed by atoms with Gasteiger partial charge in [0, 0.05) is 9.86 Å². The Morgan fingerprint density at radius 2 is 1.81 bits per heavy atom. The molecular formula is C23H26BrN3O4. The number of nitrogens with one attached hydrogen (secondary N) is 1. The van der Waals surface area contributed by atoms with Crippen LogP contribution in [0.5, 0.6) is 0 Å². The summed E-state index contributed by atoms with van der Waals surface area (Å²) in [4.78, 5) is 25.4. The molecule has 1 heterocycles. The first kappa shape index (κ1) is 22.8. The van der Waals surface area contributed by atoms with Gasteiger partial charge in [0.1, 0.15) is 5.60 Å². The number of hydrogen-bond donors (Lipinski definition) is 1. The molecule has 0 radical (unpaired) electrons. The zero-order valence-electron chi connectivity index (χ0n) is 18.2. The topological polar surface area (TPSA) is 82.5 Å². The van der Waals surface area contributed by atoms with Gasteiger partial charge in [0.15, 0.2) is 5.54 Å². The maximum absolute atomic E-state index is 13.1. The third-order valence-electron chi connectivity index (χ3n) is 4.97. The third-order valence-corrected chi connectivity index (χ3v) is 5.50. The maximum Gasteiger partial charge on any atom is 0.412 e. The van der Waals surface area contributed by atoms with Crippen LogP contribution in [0.3, 0.4) is 0 Å². The smallest absolute Gasteiger partial charge is 0.412 e. The maximum atomic E-state index is 13.1. The van der Waals surface area contributed by atoms with Gasteiger partial charge in [-0.2, -0.15) is 5.10 Å². The fourth-order valence-corrected chi connectivity index (χ4v) is 3.86. The second kappa shape index (κ2) is 8.70. The molecule has 164 valence electrons. The summed E-state index contributed by atoms with van der Waals surface area (Å²) in [5, 5.41) is 8.03. The van der Waals surface area contributed by atoms with Gasteiger partial charge in [-0.25, -0.2) is 14.3 Å². The number of benzene rings is 2. The van der Waals surface area contributed by atoms with E-state index in [4.69, 9.17) is 9.47 Å². The van der Waals surface area contributed by atoms with Crippen molar-refractivity contribution in [1.29, 1.82) is 0 Å². The van der Waals surface area contributed by atoms with E-state index in [-0.39, 0.29) is 0 Å². The van der Waals surface area contributed by atoms with Crippen LogP contribution in [0.15, 0.2) is 53.1 Å². The van der Waals surface area contributed by atoms with Gasteiger partial charge in [-0.05, 0) is 57.0 Å². The Hall–Kier alpha value is -2.87. The molecule has 31 heavy (non-hydrogen) atoms. The van der Waals surface area contributed by atoms with Gasteiger partial charge in [-0.1, -0.05) is 41.1 Å². The number of nitrogens with zero attached hydrogens (tertiary/aromatic N) is 2. The Labute approximate surface area is 189 Å². The van der Waals surface area contributed by atoms with Crippen LogP contribution in [0.1, 0.15) is 39.7 Å². The van der Waals surface area contributed by atoms with Crippen LogP contribution in [0.25, 0.3) is 10.9 Å². The highest BCUT2D eigenvalue weighted by Gasteiger charge is 2.43. The molecule has 2 aromatic carbocycles. The van der Waals surface area contributed by atoms with Gasteiger partial charge in [0.25, 0.3) is 0 Å². The zero-order valence-corrected chi connectivity index (χ0v) is 19.8. The summed E-state index contributed by atoms with van der Waals surface area (Å²) in [6, 6.07) is 12.9. The predicted octanol–water partition coefficient (Wildman–Crippen LogP) is 5.47. The number of hydrogen-bond acceptors (Lipinski definition) is 5. The molecular weight excluding hydrogens is 462 g/mol. The number of aromatic nitrogens is 2. The van der Waals surface area contributed by atoms with E-state index in [1.54, 1.807) is 43.8 Å². The molecule has 3 rings (SSSR count). The lowest BCUT2D eigenvalue weighted by atomic mass is 9.87. The van der Waals surface area contributed by atoms with E-state index in [1.165, 1.54) is 7.11 Å². The number of esters is 1. The largest absolute Gasteiger partial charge is 0.467 e. The average molecular weight is 488 g/mol. The Morgan fingerprint density at radius 3 is 2.39 bits per heavy atom. The summed E-state index contributed by atoms with van der Waals surface area (Å²) >= 11 is 3.44. The number of ether oxygens (including phenoxy) is 2. The minimum Gasteiger partial charge on any atom is -0.467 e. The van der Waals surface area contributed by atoms with Crippen LogP contribution in [-0.2, 0) is 19.8 Å². The van der Waals surface area contributed by atoms with Crippen molar-refractivity contribution in [1.82, 2.24) is 9.78 Å². The van der Waals surface area contributed by atoms with Crippen molar-refractivity contribution < 1.29 is 19.1 Å². The number of halogens is 1. The van der Waals surface area contributed by atoms with Crippen molar-refractivity contribution in [2.45, 2.75) is 45.3 Å². The number of carbonyl (C=O) groups is 2. The van der Waals surface area contributed by atoms with Crippen molar-refractivity contribution in [3.63, 3.8) is 0 Å². The van der Waals surface area contributed by atoms with Crippen LogP contribution in [0.4, 0.5) is 10.5 Å². The normalized spacial score (nSPS) is 13.5. The second-order valence-electron chi connectivity index (χ2n) is 8.13. The third kappa shape index (κ3) is 4.44. The van der Waals surface area contributed by atoms with E-state index in [2.05, 4.69) is 26.3 Å². The molecule has 3 aromatic rings. The lowest BCUT2D eigenvalue weighted by Crippen LogP contribution is -2.44. The Balaban J connectivity index is 2.14. The summed E-state index contributed by atoms with van der Waals surface area (Å²) in [7, 11) is 1.37. The predicted molar refractivity (Wildman–Crippen MR) is 123 cm³/mol. The average Bonchev–Trinajstić information content (AvgIpc) is 3.14. The van der Waals surface area contributed by atoms with Crippen molar-refractivity contribution >= 4 is 44.6 Å². The van der Waals surface area contributed by atoms with Gasteiger partial charge in [0.05, 0.1) is 24.5 Å². The molecule has 0 aliphatic carbocycles. The molecule has 7 nitrogen and oxygen atoms in total. The summed E-state index contributed by atoms with van der Waals surface area (Å²) in [6.45, 7) is 7.31. The standard InChI is InChI=1S/C23H26BrN3O4/c1-6-23(20(28)30-5,15-10-12-16(24)13-11-15)27-19-9-7-8-18(17(19)14-25-27)26-21(29)31-22(2,3)4/h7-14H,6H2,1-5H3,(H,26,29). The first-order valence-electron chi connectivity index (χ1n) is 9.94. The Bertz CT molecular complexity index is 1100. The van der Waals surface area contributed by atoms with E-state index in [9.17, 15) is 9.59 Å².